The van der Waals surface area contributed by atoms with Crippen molar-refractivity contribution in [3.63, 3.8) is 0 Å². The van der Waals surface area contributed by atoms with Crippen molar-refractivity contribution in [1.29, 1.82) is 0 Å². The number of nitrogens with zero attached hydrogens (tertiary/aromatic N) is 2. The third kappa shape index (κ3) is 2.88. The minimum absolute atomic E-state index is 0.0537. The predicted molar refractivity (Wildman–Crippen MR) is 69.4 cm³/mol. The van der Waals surface area contributed by atoms with Gasteiger partial charge in [-0.1, -0.05) is 0 Å². The third-order valence-corrected chi connectivity index (χ3v) is 3.65. The lowest BCUT2D eigenvalue weighted by molar-refractivity contribution is -0.144. The van der Waals surface area contributed by atoms with Crippen LogP contribution in [0.1, 0.15) is 33.6 Å². The molecule has 20 heavy (non-hydrogen) atoms. The Morgan fingerprint density at radius 3 is 2.35 bits per heavy atom. The number of aliphatic hydroxyl groups excluding tert-OH is 2. The molecule has 1 saturated heterocycles. The lowest BCUT2D eigenvalue weighted by Gasteiger charge is -2.31. The summed E-state index contributed by atoms with van der Waals surface area (Å²) in [6, 6.07) is -0.592. The highest BCUT2D eigenvalue weighted by molar-refractivity contribution is 5.87. The number of hydrogen-bond acceptors (Lipinski definition) is 5. The molecule has 2 fully saturated rings. The van der Waals surface area contributed by atoms with Gasteiger partial charge in [0, 0.05) is 6.04 Å². The zero-order valence-corrected chi connectivity index (χ0v) is 12.1. The Hall–Kier alpha value is -1.34. The molecule has 7 nitrogen and oxygen atoms in total. The summed E-state index contributed by atoms with van der Waals surface area (Å²) in [5.41, 5.74) is -0.620. The van der Waals surface area contributed by atoms with Crippen LogP contribution in [-0.2, 0) is 9.53 Å². The zero-order valence-electron chi connectivity index (χ0n) is 12.1. The van der Waals surface area contributed by atoms with E-state index in [0.29, 0.717) is 12.3 Å². The van der Waals surface area contributed by atoms with Gasteiger partial charge in [-0.2, -0.15) is 0 Å². The molecule has 0 unspecified atom stereocenters. The average Bonchev–Trinajstić information content (AvgIpc) is 2.98. The SMILES string of the molecule is CC(C)(C)OC(=O)N1[C@H](C(=O)N(CO)CO)C[C@@H]2C[C@@H]21. The fourth-order valence-electron chi connectivity index (χ4n) is 2.65. The summed E-state index contributed by atoms with van der Waals surface area (Å²) in [5, 5.41) is 18.1. The van der Waals surface area contributed by atoms with Crippen molar-refractivity contribution in [2.24, 2.45) is 5.92 Å². The Labute approximate surface area is 118 Å². The van der Waals surface area contributed by atoms with Crippen LogP contribution in [0.3, 0.4) is 0 Å². The smallest absolute Gasteiger partial charge is 0.411 e. The number of amides is 2. The standard InChI is InChI=1S/C13H22N2O5/c1-13(2,3)20-12(19)15-9-4-8(9)5-10(15)11(18)14(6-16)7-17/h8-10,16-17H,4-7H2,1-3H3/t8-,9-,10-/m0/s1. The molecule has 114 valence electrons. The Bertz CT molecular complexity index is 402. The molecule has 0 spiro atoms. The second-order valence-corrected chi connectivity index (χ2v) is 6.36. The molecule has 2 aliphatic rings. The summed E-state index contributed by atoms with van der Waals surface area (Å²) in [5.74, 6) is -0.108. The van der Waals surface area contributed by atoms with Crippen LogP contribution in [0.25, 0.3) is 0 Å². The molecule has 0 aromatic rings. The topological polar surface area (TPSA) is 90.3 Å². The van der Waals surface area contributed by atoms with Crippen molar-refractivity contribution in [3.8, 4) is 0 Å². The molecule has 1 aliphatic carbocycles. The highest BCUT2D eigenvalue weighted by atomic mass is 16.6. The first-order valence-corrected chi connectivity index (χ1v) is 6.80. The lowest BCUT2D eigenvalue weighted by Crippen LogP contribution is -2.51. The Kier molecular flexibility index (Phi) is 3.93. The molecule has 0 aromatic carbocycles. The minimum Gasteiger partial charge on any atom is -0.444 e. The number of carbonyl (C=O) groups is 2. The fourth-order valence-corrected chi connectivity index (χ4v) is 2.65. The molecule has 0 aromatic heterocycles. The molecule has 2 amide bonds. The monoisotopic (exact) mass is 286 g/mol. The maximum Gasteiger partial charge on any atom is 0.411 e. The number of fused-ring (bicyclic) bond motifs is 1. The van der Waals surface area contributed by atoms with Crippen molar-refractivity contribution >= 4 is 12.0 Å². The summed E-state index contributed by atoms with van der Waals surface area (Å²) in [4.78, 5) is 26.8. The van der Waals surface area contributed by atoms with Gasteiger partial charge in [-0.05, 0) is 39.5 Å². The Morgan fingerprint density at radius 1 is 1.25 bits per heavy atom. The maximum atomic E-state index is 12.2. The first-order chi connectivity index (χ1) is 9.28. The van der Waals surface area contributed by atoms with E-state index in [1.165, 1.54) is 4.90 Å². The third-order valence-electron chi connectivity index (χ3n) is 3.65. The van der Waals surface area contributed by atoms with Crippen LogP contribution in [0.15, 0.2) is 0 Å². The van der Waals surface area contributed by atoms with E-state index in [4.69, 9.17) is 14.9 Å². The van der Waals surface area contributed by atoms with Crippen LogP contribution < -0.4 is 0 Å². The molecule has 3 atom stereocenters. The number of rotatable bonds is 3. The number of ether oxygens (including phenoxy) is 1. The predicted octanol–water partition coefficient (Wildman–Crippen LogP) is 0.112. The normalized spacial score (nSPS) is 28.1. The van der Waals surface area contributed by atoms with Crippen molar-refractivity contribution < 1.29 is 24.5 Å². The first kappa shape index (κ1) is 15.1. The van der Waals surface area contributed by atoms with E-state index >= 15 is 0 Å². The minimum atomic E-state index is -0.645. The van der Waals surface area contributed by atoms with E-state index in [2.05, 4.69) is 0 Å². The van der Waals surface area contributed by atoms with Gasteiger partial charge in [0.2, 0.25) is 5.91 Å². The maximum absolute atomic E-state index is 12.2. The van der Waals surface area contributed by atoms with Crippen LogP contribution >= 0.6 is 0 Å². The Balaban J connectivity index is 2.09. The first-order valence-electron chi connectivity index (χ1n) is 6.80. The summed E-state index contributed by atoms with van der Waals surface area (Å²) < 4.78 is 5.34. The molecular formula is C13H22N2O5. The van der Waals surface area contributed by atoms with Crippen molar-refractivity contribution in [1.82, 2.24) is 9.80 Å². The van der Waals surface area contributed by atoms with E-state index in [9.17, 15) is 9.59 Å². The van der Waals surface area contributed by atoms with Crippen LogP contribution in [-0.4, -0.2) is 63.2 Å². The number of hydrogen-bond donors (Lipinski definition) is 2. The summed E-state index contributed by atoms with van der Waals surface area (Å²) in [6.07, 6.45) is 0.956. The van der Waals surface area contributed by atoms with E-state index in [-0.39, 0.29) is 6.04 Å². The van der Waals surface area contributed by atoms with E-state index in [1.807, 2.05) is 0 Å². The van der Waals surface area contributed by atoms with E-state index in [1.54, 1.807) is 20.8 Å². The number of aliphatic hydroxyl groups is 2. The largest absolute Gasteiger partial charge is 0.444 e. The zero-order chi connectivity index (χ0) is 15.1. The van der Waals surface area contributed by atoms with Gasteiger partial charge in [-0.25, -0.2) is 4.79 Å². The summed E-state index contributed by atoms with van der Waals surface area (Å²) >= 11 is 0. The molecule has 1 aliphatic heterocycles. The van der Waals surface area contributed by atoms with E-state index in [0.717, 1.165) is 11.3 Å². The van der Waals surface area contributed by atoms with Crippen LogP contribution in [0.5, 0.6) is 0 Å². The van der Waals surface area contributed by atoms with Gasteiger partial charge in [0.1, 0.15) is 25.1 Å². The second kappa shape index (κ2) is 5.21. The quantitative estimate of drug-likeness (QED) is 0.719. The van der Waals surface area contributed by atoms with Gasteiger partial charge in [0.25, 0.3) is 0 Å². The van der Waals surface area contributed by atoms with Gasteiger partial charge in [0.15, 0.2) is 0 Å². The van der Waals surface area contributed by atoms with Gasteiger partial charge < -0.3 is 14.9 Å². The molecule has 1 saturated carbocycles. The molecule has 0 radical (unpaired) electrons. The van der Waals surface area contributed by atoms with Crippen LogP contribution in [0.2, 0.25) is 0 Å². The van der Waals surface area contributed by atoms with Crippen LogP contribution in [0.4, 0.5) is 4.79 Å². The van der Waals surface area contributed by atoms with Gasteiger partial charge >= 0.3 is 6.09 Å². The summed E-state index contributed by atoms with van der Waals surface area (Å²) in [7, 11) is 0. The fraction of sp³-hybridized carbons (Fsp3) is 0.846. The molecular weight excluding hydrogens is 264 g/mol. The van der Waals surface area contributed by atoms with E-state index < -0.39 is 37.1 Å². The molecule has 1 heterocycles. The molecule has 0 bridgehead atoms. The van der Waals surface area contributed by atoms with Crippen molar-refractivity contribution in [2.45, 2.75) is 51.3 Å². The van der Waals surface area contributed by atoms with Gasteiger partial charge in [-0.15, -0.1) is 0 Å². The lowest BCUT2D eigenvalue weighted by atomic mass is 10.1. The number of likely N-dealkylation sites (tertiary alicyclic amines) is 1. The molecule has 7 heteroatoms. The van der Waals surface area contributed by atoms with Gasteiger partial charge in [0.05, 0.1) is 0 Å². The summed E-state index contributed by atoms with van der Waals surface area (Å²) in [6.45, 7) is 4.19. The van der Waals surface area contributed by atoms with Crippen LogP contribution in [0, 0.1) is 5.92 Å². The number of carbonyl (C=O) groups excluding carboxylic acids is 2. The molecule has 2 N–H and O–H groups in total. The Morgan fingerprint density at radius 2 is 1.85 bits per heavy atom. The highest BCUT2D eigenvalue weighted by Crippen LogP contribution is 2.48. The van der Waals surface area contributed by atoms with Crippen molar-refractivity contribution in [3.05, 3.63) is 0 Å². The number of piperidine rings is 1. The second-order valence-electron chi connectivity index (χ2n) is 6.36. The molecule has 2 rings (SSSR count). The average molecular weight is 286 g/mol. The van der Waals surface area contributed by atoms with Crippen molar-refractivity contribution in [2.75, 3.05) is 13.5 Å². The highest BCUT2D eigenvalue weighted by Gasteiger charge is 2.57. The van der Waals surface area contributed by atoms with Gasteiger partial charge in [-0.3, -0.25) is 14.6 Å².